The van der Waals surface area contributed by atoms with Crippen LogP contribution in [0.1, 0.15) is 23.7 Å². The number of benzene rings is 2. The average molecular weight is 346 g/mol. The van der Waals surface area contributed by atoms with E-state index in [0.717, 1.165) is 16.8 Å². The number of nitrogens with zero attached hydrogens (tertiary/aromatic N) is 3. The molecule has 0 saturated carbocycles. The number of amides is 1. The van der Waals surface area contributed by atoms with Crippen LogP contribution in [0, 0.1) is 0 Å². The number of hydrogen-bond acceptors (Lipinski definition) is 4. The molecule has 0 spiro atoms. The molecule has 1 N–H and O–H groups in total. The predicted octanol–water partition coefficient (Wildman–Crippen LogP) is 3.39. The summed E-state index contributed by atoms with van der Waals surface area (Å²) in [5.74, 6) is -0.239. The molecule has 0 radical (unpaired) electrons. The zero-order valence-corrected chi connectivity index (χ0v) is 14.1. The van der Waals surface area contributed by atoms with E-state index >= 15 is 0 Å². The van der Waals surface area contributed by atoms with E-state index in [2.05, 4.69) is 15.6 Å². The average Bonchev–Trinajstić information content (AvgIpc) is 3.36. The normalized spacial score (nSPS) is 16.0. The Hall–Kier alpha value is -3.41. The zero-order chi connectivity index (χ0) is 17.8. The van der Waals surface area contributed by atoms with E-state index in [1.54, 1.807) is 6.20 Å². The van der Waals surface area contributed by atoms with Gasteiger partial charge in [0.25, 0.3) is 5.91 Å². The van der Waals surface area contributed by atoms with Crippen molar-refractivity contribution in [3.63, 3.8) is 0 Å². The van der Waals surface area contributed by atoms with E-state index in [0.29, 0.717) is 18.7 Å². The highest BCUT2D eigenvalue weighted by Crippen LogP contribution is 2.27. The van der Waals surface area contributed by atoms with Crippen molar-refractivity contribution in [3.8, 4) is 0 Å². The molecule has 2 heterocycles. The SMILES string of the molecule is O=C(Nc1ccccc1Cn1cccn1)C1=NO[C@H](c2ccccc2)C1. The van der Waals surface area contributed by atoms with Crippen LogP contribution in [0.3, 0.4) is 0 Å². The predicted molar refractivity (Wildman–Crippen MR) is 98.7 cm³/mol. The number of carbonyl (C=O) groups is 1. The maximum absolute atomic E-state index is 12.6. The second-order valence-corrected chi connectivity index (χ2v) is 6.06. The Morgan fingerprint density at radius 1 is 1.12 bits per heavy atom. The van der Waals surface area contributed by atoms with E-state index in [1.165, 1.54) is 0 Å². The molecule has 1 amide bonds. The Morgan fingerprint density at radius 3 is 2.73 bits per heavy atom. The third-order valence-electron chi connectivity index (χ3n) is 4.26. The van der Waals surface area contributed by atoms with Crippen molar-refractivity contribution in [2.75, 3.05) is 5.32 Å². The molecule has 0 fully saturated rings. The van der Waals surface area contributed by atoms with Gasteiger partial charge in [-0.3, -0.25) is 9.48 Å². The van der Waals surface area contributed by atoms with Gasteiger partial charge in [-0.05, 0) is 23.3 Å². The third kappa shape index (κ3) is 3.49. The summed E-state index contributed by atoms with van der Waals surface area (Å²) >= 11 is 0. The molecule has 1 aliphatic rings. The maximum Gasteiger partial charge on any atom is 0.273 e. The molecule has 130 valence electrons. The van der Waals surface area contributed by atoms with Crippen molar-refractivity contribution in [1.29, 1.82) is 0 Å². The molecule has 2 aromatic carbocycles. The van der Waals surface area contributed by atoms with Crippen LogP contribution in [0.4, 0.5) is 5.69 Å². The van der Waals surface area contributed by atoms with Gasteiger partial charge < -0.3 is 10.2 Å². The zero-order valence-electron chi connectivity index (χ0n) is 14.1. The molecule has 0 saturated heterocycles. The molecule has 0 bridgehead atoms. The Morgan fingerprint density at radius 2 is 1.92 bits per heavy atom. The second-order valence-electron chi connectivity index (χ2n) is 6.06. The smallest absolute Gasteiger partial charge is 0.273 e. The van der Waals surface area contributed by atoms with Gasteiger partial charge in [0.2, 0.25) is 0 Å². The number of nitrogens with one attached hydrogen (secondary N) is 1. The first kappa shape index (κ1) is 16.1. The van der Waals surface area contributed by atoms with E-state index < -0.39 is 0 Å². The molecular formula is C20H18N4O2. The first-order chi connectivity index (χ1) is 12.8. The first-order valence-electron chi connectivity index (χ1n) is 8.44. The quantitative estimate of drug-likeness (QED) is 0.770. The summed E-state index contributed by atoms with van der Waals surface area (Å²) in [7, 11) is 0. The lowest BCUT2D eigenvalue weighted by molar-refractivity contribution is -0.110. The topological polar surface area (TPSA) is 68.5 Å². The highest BCUT2D eigenvalue weighted by Gasteiger charge is 2.27. The fraction of sp³-hybridized carbons (Fsp3) is 0.150. The summed E-state index contributed by atoms with van der Waals surface area (Å²) in [5, 5.41) is 11.1. The lowest BCUT2D eigenvalue weighted by atomic mass is 10.0. The minimum Gasteiger partial charge on any atom is -0.387 e. The van der Waals surface area contributed by atoms with E-state index in [-0.39, 0.29) is 12.0 Å². The number of anilines is 1. The minimum absolute atomic E-state index is 0.212. The largest absolute Gasteiger partial charge is 0.387 e. The third-order valence-corrected chi connectivity index (χ3v) is 4.26. The van der Waals surface area contributed by atoms with Crippen LogP contribution in [0.25, 0.3) is 0 Å². The van der Waals surface area contributed by atoms with Crippen LogP contribution in [0.5, 0.6) is 0 Å². The van der Waals surface area contributed by atoms with Crippen molar-refractivity contribution < 1.29 is 9.63 Å². The summed E-state index contributed by atoms with van der Waals surface area (Å²) in [6.45, 7) is 0.582. The van der Waals surface area contributed by atoms with E-state index in [4.69, 9.17) is 4.84 Å². The highest BCUT2D eigenvalue weighted by atomic mass is 16.6. The number of aromatic nitrogens is 2. The molecule has 0 unspecified atom stereocenters. The van der Waals surface area contributed by atoms with Crippen molar-refractivity contribution in [2.24, 2.45) is 5.16 Å². The minimum atomic E-state index is -0.239. The van der Waals surface area contributed by atoms with Gasteiger partial charge in [-0.2, -0.15) is 5.10 Å². The standard InChI is InChI=1S/C20H18N4O2/c25-20(18-13-19(26-23-18)15-7-2-1-3-8-15)22-17-10-5-4-9-16(17)14-24-12-6-11-21-24/h1-12,19H,13-14H2,(H,22,25)/t19-/m0/s1. The van der Waals surface area contributed by atoms with E-state index in [9.17, 15) is 4.79 Å². The maximum atomic E-state index is 12.6. The van der Waals surface area contributed by atoms with Gasteiger partial charge >= 0.3 is 0 Å². The van der Waals surface area contributed by atoms with Gasteiger partial charge in [0.15, 0.2) is 6.10 Å². The summed E-state index contributed by atoms with van der Waals surface area (Å²) in [6, 6.07) is 19.3. The van der Waals surface area contributed by atoms with Crippen molar-refractivity contribution in [3.05, 3.63) is 84.2 Å². The van der Waals surface area contributed by atoms with Crippen LogP contribution in [-0.2, 0) is 16.2 Å². The van der Waals surface area contributed by atoms with Gasteiger partial charge in [-0.25, -0.2) is 0 Å². The van der Waals surface area contributed by atoms with Crippen molar-refractivity contribution in [2.45, 2.75) is 19.1 Å². The molecule has 3 aromatic rings. The van der Waals surface area contributed by atoms with Gasteiger partial charge in [-0.1, -0.05) is 53.7 Å². The Labute approximate surface area is 151 Å². The highest BCUT2D eigenvalue weighted by molar-refractivity contribution is 6.43. The fourth-order valence-electron chi connectivity index (χ4n) is 2.90. The molecule has 1 aliphatic heterocycles. The number of carbonyl (C=O) groups excluding carboxylic acids is 1. The second kappa shape index (κ2) is 7.23. The molecule has 26 heavy (non-hydrogen) atoms. The first-order valence-corrected chi connectivity index (χ1v) is 8.44. The van der Waals surface area contributed by atoms with Crippen LogP contribution >= 0.6 is 0 Å². The monoisotopic (exact) mass is 346 g/mol. The summed E-state index contributed by atoms with van der Waals surface area (Å²) in [6.07, 6.45) is 3.86. The lowest BCUT2D eigenvalue weighted by Crippen LogP contribution is -2.22. The number of oxime groups is 1. The number of hydrogen-bond donors (Lipinski definition) is 1. The molecule has 6 heteroatoms. The lowest BCUT2D eigenvalue weighted by Gasteiger charge is -2.11. The molecule has 6 nitrogen and oxygen atoms in total. The molecule has 4 rings (SSSR count). The number of rotatable bonds is 5. The van der Waals surface area contributed by atoms with Crippen molar-refractivity contribution in [1.82, 2.24) is 9.78 Å². The molecule has 1 atom stereocenters. The Kier molecular flexibility index (Phi) is 4.47. The Bertz CT molecular complexity index is 920. The molecule has 1 aromatic heterocycles. The summed E-state index contributed by atoms with van der Waals surface area (Å²) in [4.78, 5) is 18.0. The van der Waals surface area contributed by atoms with Crippen molar-refractivity contribution >= 4 is 17.3 Å². The van der Waals surface area contributed by atoms with Crippen LogP contribution in [0.15, 0.2) is 78.2 Å². The number of para-hydroxylation sites is 1. The van der Waals surface area contributed by atoms with Crippen LogP contribution in [-0.4, -0.2) is 21.4 Å². The van der Waals surface area contributed by atoms with Crippen LogP contribution < -0.4 is 5.32 Å². The summed E-state index contributed by atoms with van der Waals surface area (Å²) < 4.78 is 1.81. The fourth-order valence-corrected chi connectivity index (χ4v) is 2.90. The van der Waals surface area contributed by atoms with Gasteiger partial charge in [0, 0.05) is 24.5 Å². The molecular weight excluding hydrogens is 328 g/mol. The van der Waals surface area contributed by atoms with Gasteiger partial charge in [0.1, 0.15) is 5.71 Å². The summed E-state index contributed by atoms with van der Waals surface area (Å²) in [5.41, 5.74) is 3.13. The van der Waals surface area contributed by atoms with Gasteiger partial charge in [0.05, 0.1) is 6.54 Å². The van der Waals surface area contributed by atoms with Crippen LogP contribution in [0.2, 0.25) is 0 Å². The Balaban J connectivity index is 1.44. The van der Waals surface area contributed by atoms with E-state index in [1.807, 2.05) is 71.5 Å². The molecule has 0 aliphatic carbocycles. The van der Waals surface area contributed by atoms with Gasteiger partial charge in [-0.15, -0.1) is 0 Å².